The van der Waals surface area contributed by atoms with E-state index in [1.165, 1.54) is 25.5 Å². The lowest BCUT2D eigenvalue weighted by Crippen LogP contribution is -2.41. The van der Waals surface area contributed by atoms with Gasteiger partial charge in [0.2, 0.25) is 0 Å². The highest BCUT2D eigenvalue weighted by atomic mass is 32.2. The lowest BCUT2D eigenvalue weighted by atomic mass is 9.99. The van der Waals surface area contributed by atoms with Gasteiger partial charge in [-0.15, -0.1) is 0 Å². The van der Waals surface area contributed by atoms with Crippen LogP contribution in [0.1, 0.15) is 39.5 Å². The summed E-state index contributed by atoms with van der Waals surface area (Å²) >= 11 is 0. The molecule has 19 heavy (non-hydrogen) atoms. The van der Waals surface area contributed by atoms with E-state index in [0.29, 0.717) is 18.4 Å². The first kappa shape index (κ1) is 18.2. The predicted octanol–water partition coefficient (Wildman–Crippen LogP) is 1.41. The highest BCUT2D eigenvalue weighted by Gasteiger charge is 2.07. The summed E-state index contributed by atoms with van der Waals surface area (Å²) in [6, 6.07) is 0. The summed E-state index contributed by atoms with van der Waals surface area (Å²) in [5, 5.41) is 6.28. The van der Waals surface area contributed by atoms with Crippen molar-refractivity contribution in [1.82, 2.24) is 10.6 Å². The smallest absolute Gasteiger partial charge is 0.191 e. The van der Waals surface area contributed by atoms with Crippen molar-refractivity contribution >= 4 is 15.8 Å². The predicted molar refractivity (Wildman–Crippen MR) is 82.4 cm³/mol. The second-order valence-corrected chi connectivity index (χ2v) is 7.19. The van der Waals surface area contributed by atoms with Gasteiger partial charge in [-0.3, -0.25) is 4.99 Å². The van der Waals surface area contributed by atoms with E-state index in [0.717, 1.165) is 13.0 Å². The lowest BCUT2D eigenvalue weighted by Gasteiger charge is -2.17. The minimum atomic E-state index is -2.92. The van der Waals surface area contributed by atoms with E-state index in [2.05, 4.69) is 29.5 Å². The Morgan fingerprint density at radius 1 is 1.26 bits per heavy atom. The summed E-state index contributed by atoms with van der Waals surface area (Å²) in [5.74, 6) is 1.45. The maximum absolute atomic E-state index is 11.0. The monoisotopic (exact) mass is 291 g/mol. The molecule has 0 amide bonds. The van der Waals surface area contributed by atoms with Crippen molar-refractivity contribution in [2.24, 2.45) is 10.9 Å². The summed E-state index contributed by atoms with van der Waals surface area (Å²) in [7, 11) is -1.22. The van der Waals surface area contributed by atoms with Crippen LogP contribution in [0.4, 0.5) is 0 Å². The molecule has 1 unspecified atom stereocenters. The largest absolute Gasteiger partial charge is 0.356 e. The fraction of sp³-hybridized carbons (Fsp3) is 0.923. The summed E-state index contributed by atoms with van der Waals surface area (Å²) in [5.41, 5.74) is 0. The Kier molecular flexibility index (Phi) is 9.65. The van der Waals surface area contributed by atoms with E-state index in [-0.39, 0.29) is 5.75 Å². The quantitative estimate of drug-likeness (QED) is 0.498. The SMILES string of the molecule is CCCCC(CC)CNC(=NC)NCCS(C)(=O)=O. The van der Waals surface area contributed by atoms with Crippen LogP contribution >= 0.6 is 0 Å². The molecule has 1 atom stereocenters. The highest BCUT2D eigenvalue weighted by Crippen LogP contribution is 2.10. The van der Waals surface area contributed by atoms with Crippen LogP contribution in [-0.4, -0.2) is 46.5 Å². The maximum Gasteiger partial charge on any atom is 0.191 e. The molecule has 0 aliphatic rings. The lowest BCUT2D eigenvalue weighted by molar-refractivity contribution is 0.444. The van der Waals surface area contributed by atoms with E-state index in [4.69, 9.17) is 0 Å². The number of rotatable bonds is 9. The Bertz CT molecular complexity index is 353. The minimum absolute atomic E-state index is 0.126. The number of aliphatic imine (C=N–C) groups is 1. The van der Waals surface area contributed by atoms with Gasteiger partial charge >= 0.3 is 0 Å². The number of hydrogen-bond donors (Lipinski definition) is 2. The van der Waals surface area contributed by atoms with Gasteiger partial charge in [-0.2, -0.15) is 0 Å². The molecule has 0 heterocycles. The second-order valence-electron chi connectivity index (χ2n) is 4.93. The zero-order chi connectivity index (χ0) is 14.7. The summed E-state index contributed by atoms with van der Waals surface area (Å²) < 4.78 is 22.1. The van der Waals surface area contributed by atoms with Crippen LogP contribution in [0, 0.1) is 5.92 Å². The third-order valence-corrected chi connectivity index (χ3v) is 4.04. The molecule has 0 aromatic carbocycles. The van der Waals surface area contributed by atoms with E-state index >= 15 is 0 Å². The van der Waals surface area contributed by atoms with Gasteiger partial charge in [-0.25, -0.2) is 8.42 Å². The van der Waals surface area contributed by atoms with Gasteiger partial charge in [-0.05, 0) is 12.3 Å². The Morgan fingerprint density at radius 3 is 2.42 bits per heavy atom. The van der Waals surface area contributed by atoms with E-state index < -0.39 is 9.84 Å². The molecule has 0 aliphatic heterocycles. The standard InChI is InChI=1S/C13H29N3O2S/c1-5-7-8-12(6-2)11-16-13(14-3)15-9-10-19(4,17)18/h12H,5-11H2,1-4H3,(H2,14,15,16). The summed E-state index contributed by atoms with van der Waals surface area (Å²) in [6.45, 7) is 5.67. The highest BCUT2D eigenvalue weighted by molar-refractivity contribution is 7.90. The molecular formula is C13H29N3O2S. The summed E-state index contributed by atoms with van der Waals surface area (Å²) in [4.78, 5) is 4.09. The normalized spacial score (nSPS) is 14.2. The van der Waals surface area contributed by atoms with Crippen LogP contribution in [0.25, 0.3) is 0 Å². The Balaban J connectivity index is 3.99. The Labute approximate surface area is 118 Å². The van der Waals surface area contributed by atoms with Crippen LogP contribution in [0.3, 0.4) is 0 Å². The van der Waals surface area contributed by atoms with E-state index in [9.17, 15) is 8.42 Å². The first-order valence-electron chi connectivity index (χ1n) is 7.05. The zero-order valence-corrected chi connectivity index (χ0v) is 13.5. The molecule has 0 spiro atoms. The van der Waals surface area contributed by atoms with Gasteiger partial charge in [0.05, 0.1) is 5.75 Å². The van der Waals surface area contributed by atoms with Gasteiger partial charge in [0.1, 0.15) is 9.84 Å². The molecule has 0 aliphatic carbocycles. The summed E-state index contributed by atoms with van der Waals surface area (Å²) in [6.07, 6.45) is 6.08. The van der Waals surface area contributed by atoms with Gasteiger partial charge < -0.3 is 10.6 Å². The molecule has 0 aromatic rings. The average molecular weight is 291 g/mol. The van der Waals surface area contributed by atoms with Crippen LogP contribution in [0.5, 0.6) is 0 Å². The number of unbranched alkanes of at least 4 members (excludes halogenated alkanes) is 1. The maximum atomic E-state index is 11.0. The molecule has 5 nitrogen and oxygen atoms in total. The number of nitrogens with zero attached hydrogens (tertiary/aromatic N) is 1. The van der Waals surface area contributed by atoms with Crippen molar-refractivity contribution in [1.29, 1.82) is 0 Å². The molecule has 0 fully saturated rings. The average Bonchev–Trinajstić information content (AvgIpc) is 2.35. The topological polar surface area (TPSA) is 70.6 Å². The van der Waals surface area contributed by atoms with Crippen LogP contribution in [0.15, 0.2) is 4.99 Å². The molecule has 0 radical (unpaired) electrons. The molecule has 0 saturated carbocycles. The van der Waals surface area contributed by atoms with Gasteiger partial charge in [0, 0.05) is 26.4 Å². The molecule has 2 N–H and O–H groups in total. The second kappa shape index (κ2) is 10.1. The Hall–Kier alpha value is -0.780. The van der Waals surface area contributed by atoms with E-state index in [1.807, 2.05) is 0 Å². The van der Waals surface area contributed by atoms with Crippen molar-refractivity contribution in [3.05, 3.63) is 0 Å². The van der Waals surface area contributed by atoms with Crippen molar-refractivity contribution in [2.75, 3.05) is 32.1 Å². The molecule has 0 rings (SSSR count). The fourth-order valence-corrected chi connectivity index (χ4v) is 2.23. The number of sulfone groups is 1. The van der Waals surface area contributed by atoms with Crippen LogP contribution < -0.4 is 10.6 Å². The number of hydrogen-bond acceptors (Lipinski definition) is 3. The van der Waals surface area contributed by atoms with Crippen molar-refractivity contribution < 1.29 is 8.42 Å². The minimum Gasteiger partial charge on any atom is -0.356 e. The van der Waals surface area contributed by atoms with Gasteiger partial charge in [-0.1, -0.05) is 33.1 Å². The van der Waals surface area contributed by atoms with E-state index in [1.54, 1.807) is 7.05 Å². The molecule has 0 bridgehead atoms. The Morgan fingerprint density at radius 2 is 1.95 bits per heavy atom. The molecule has 0 aromatic heterocycles. The van der Waals surface area contributed by atoms with Crippen molar-refractivity contribution in [2.45, 2.75) is 39.5 Å². The van der Waals surface area contributed by atoms with Gasteiger partial charge in [0.25, 0.3) is 0 Å². The molecule has 114 valence electrons. The van der Waals surface area contributed by atoms with Crippen molar-refractivity contribution in [3.8, 4) is 0 Å². The third-order valence-electron chi connectivity index (χ3n) is 3.09. The third kappa shape index (κ3) is 10.8. The molecule has 0 saturated heterocycles. The molecule has 6 heteroatoms. The molecular weight excluding hydrogens is 262 g/mol. The fourth-order valence-electron chi connectivity index (χ4n) is 1.76. The first-order valence-corrected chi connectivity index (χ1v) is 9.11. The number of guanidine groups is 1. The van der Waals surface area contributed by atoms with Crippen LogP contribution in [-0.2, 0) is 9.84 Å². The zero-order valence-electron chi connectivity index (χ0n) is 12.7. The van der Waals surface area contributed by atoms with Gasteiger partial charge in [0.15, 0.2) is 5.96 Å². The van der Waals surface area contributed by atoms with Crippen LogP contribution in [0.2, 0.25) is 0 Å². The first-order chi connectivity index (χ1) is 8.92. The number of nitrogens with one attached hydrogen (secondary N) is 2. The van der Waals surface area contributed by atoms with Crippen molar-refractivity contribution in [3.63, 3.8) is 0 Å².